The molecule has 54 valence electrons. The third-order valence-corrected chi connectivity index (χ3v) is 1.54. The lowest BCUT2D eigenvalue weighted by molar-refractivity contribution is 0.145. The summed E-state index contributed by atoms with van der Waals surface area (Å²) in [7, 11) is 0. The van der Waals surface area contributed by atoms with Gasteiger partial charge in [-0.3, -0.25) is 0 Å². The fourth-order valence-electron chi connectivity index (χ4n) is 0.501. The lowest BCUT2D eigenvalue weighted by Gasteiger charge is -2.20. The van der Waals surface area contributed by atoms with E-state index >= 15 is 0 Å². The standard InChI is InChI=1S/C7H14O2/c1-3-7(2,6-9)4-5-8/h3,8-9H,1,4-6H2,2H3. The second-order valence-electron chi connectivity index (χ2n) is 2.49. The molecule has 2 nitrogen and oxygen atoms in total. The van der Waals surface area contributed by atoms with Crippen LogP contribution in [0, 0.1) is 5.41 Å². The molecular weight excluding hydrogens is 116 g/mol. The zero-order valence-corrected chi connectivity index (χ0v) is 5.80. The van der Waals surface area contributed by atoms with Crippen molar-refractivity contribution in [2.24, 2.45) is 5.41 Å². The van der Waals surface area contributed by atoms with Gasteiger partial charge in [0.15, 0.2) is 0 Å². The van der Waals surface area contributed by atoms with E-state index in [1.807, 2.05) is 6.92 Å². The van der Waals surface area contributed by atoms with E-state index in [0.717, 1.165) is 0 Å². The molecule has 0 heterocycles. The van der Waals surface area contributed by atoms with Gasteiger partial charge >= 0.3 is 0 Å². The molecule has 1 unspecified atom stereocenters. The highest BCUT2D eigenvalue weighted by molar-refractivity contribution is 4.90. The van der Waals surface area contributed by atoms with Crippen LogP contribution >= 0.6 is 0 Å². The second-order valence-corrected chi connectivity index (χ2v) is 2.49. The van der Waals surface area contributed by atoms with Gasteiger partial charge in [0.1, 0.15) is 0 Å². The van der Waals surface area contributed by atoms with E-state index < -0.39 is 0 Å². The topological polar surface area (TPSA) is 40.5 Å². The molecule has 0 fully saturated rings. The highest BCUT2D eigenvalue weighted by Crippen LogP contribution is 2.20. The van der Waals surface area contributed by atoms with Gasteiger partial charge < -0.3 is 10.2 Å². The molecule has 0 aromatic rings. The minimum atomic E-state index is -0.297. The third-order valence-electron chi connectivity index (χ3n) is 1.54. The third kappa shape index (κ3) is 2.63. The maximum absolute atomic E-state index is 8.73. The number of aliphatic hydroxyl groups is 2. The fraction of sp³-hybridized carbons (Fsp3) is 0.714. The average molecular weight is 130 g/mol. The summed E-state index contributed by atoms with van der Waals surface area (Å²) in [6.45, 7) is 5.56. The first kappa shape index (κ1) is 8.66. The minimum absolute atomic E-state index is 0.0526. The molecule has 0 amide bonds. The zero-order chi connectivity index (χ0) is 7.33. The molecule has 1 atom stereocenters. The van der Waals surface area contributed by atoms with Crippen molar-refractivity contribution in [3.63, 3.8) is 0 Å². The Morgan fingerprint density at radius 1 is 1.56 bits per heavy atom. The van der Waals surface area contributed by atoms with Crippen LogP contribution in [0.25, 0.3) is 0 Å². The van der Waals surface area contributed by atoms with E-state index in [2.05, 4.69) is 6.58 Å². The SMILES string of the molecule is C=CC(C)(CO)CCO. The number of hydrogen-bond acceptors (Lipinski definition) is 2. The first-order chi connectivity index (χ1) is 4.18. The lowest BCUT2D eigenvalue weighted by atomic mass is 9.89. The Kier molecular flexibility index (Phi) is 3.50. The molecule has 0 saturated heterocycles. The largest absolute Gasteiger partial charge is 0.396 e. The molecular formula is C7H14O2. The van der Waals surface area contributed by atoms with E-state index in [1.165, 1.54) is 0 Å². The van der Waals surface area contributed by atoms with E-state index in [4.69, 9.17) is 10.2 Å². The summed E-state index contributed by atoms with van der Waals surface area (Å²) in [5.41, 5.74) is -0.297. The van der Waals surface area contributed by atoms with Crippen LogP contribution in [0.5, 0.6) is 0 Å². The van der Waals surface area contributed by atoms with Crippen molar-refractivity contribution in [2.45, 2.75) is 13.3 Å². The van der Waals surface area contributed by atoms with Crippen LogP contribution < -0.4 is 0 Å². The maximum Gasteiger partial charge on any atom is 0.0520 e. The molecule has 0 aromatic carbocycles. The summed E-state index contributed by atoms with van der Waals surface area (Å²) in [4.78, 5) is 0. The zero-order valence-electron chi connectivity index (χ0n) is 5.80. The van der Waals surface area contributed by atoms with Gasteiger partial charge in [-0.25, -0.2) is 0 Å². The second kappa shape index (κ2) is 3.64. The van der Waals surface area contributed by atoms with Crippen molar-refractivity contribution in [1.82, 2.24) is 0 Å². The first-order valence-electron chi connectivity index (χ1n) is 3.04. The highest BCUT2D eigenvalue weighted by atomic mass is 16.3. The molecule has 9 heavy (non-hydrogen) atoms. The molecule has 0 radical (unpaired) electrons. The van der Waals surface area contributed by atoms with E-state index in [-0.39, 0.29) is 18.6 Å². The van der Waals surface area contributed by atoms with Gasteiger partial charge in [0.25, 0.3) is 0 Å². The van der Waals surface area contributed by atoms with Crippen molar-refractivity contribution >= 4 is 0 Å². The van der Waals surface area contributed by atoms with E-state index in [0.29, 0.717) is 6.42 Å². The van der Waals surface area contributed by atoms with Crippen LogP contribution in [0.3, 0.4) is 0 Å². The molecule has 2 N–H and O–H groups in total. The van der Waals surface area contributed by atoms with Gasteiger partial charge in [0.05, 0.1) is 6.61 Å². The van der Waals surface area contributed by atoms with Gasteiger partial charge in [0, 0.05) is 12.0 Å². The lowest BCUT2D eigenvalue weighted by Crippen LogP contribution is -2.19. The Bertz CT molecular complexity index is 90.9. The summed E-state index contributed by atoms with van der Waals surface area (Å²) in [6.07, 6.45) is 2.25. The van der Waals surface area contributed by atoms with Crippen LogP contribution in [0.2, 0.25) is 0 Å². The van der Waals surface area contributed by atoms with Crippen LogP contribution in [-0.2, 0) is 0 Å². The number of rotatable bonds is 4. The van der Waals surface area contributed by atoms with Gasteiger partial charge in [-0.05, 0) is 6.42 Å². The van der Waals surface area contributed by atoms with Crippen LogP contribution in [0.1, 0.15) is 13.3 Å². The molecule has 2 heteroatoms. The monoisotopic (exact) mass is 130 g/mol. The number of aliphatic hydroxyl groups excluding tert-OH is 2. The Hall–Kier alpha value is -0.340. The molecule has 0 saturated carbocycles. The summed E-state index contributed by atoms with van der Waals surface area (Å²) >= 11 is 0. The highest BCUT2D eigenvalue weighted by Gasteiger charge is 2.17. The molecule has 0 spiro atoms. The van der Waals surface area contributed by atoms with Gasteiger partial charge in [-0.15, -0.1) is 6.58 Å². The minimum Gasteiger partial charge on any atom is -0.396 e. The van der Waals surface area contributed by atoms with Crippen molar-refractivity contribution in [3.8, 4) is 0 Å². The van der Waals surface area contributed by atoms with Gasteiger partial charge in [0.2, 0.25) is 0 Å². The van der Waals surface area contributed by atoms with Crippen LogP contribution in [-0.4, -0.2) is 23.4 Å². The Morgan fingerprint density at radius 2 is 2.11 bits per heavy atom. The van der Waals surface area contributed by atoms with E-state index in [9.17, 15) is 0 Å². The summed E-state index contributed by atoms with van der Waals surface area (Å²) in [6, 6.07) is 0. The normalized spacial score (nSPS) is 16.8. The molecule has 0 bridgehead atoms. The smallest absolute Gasteiger partial charge is 0.0520 e. The number of hydrogen-bond donors (Lipinski definition) is 2. The molecule has 0 aliphatic heterocycles. The van der Waals surface area contributed by atoms with Gasteiger partial charge in [-0.1, -0.05) is 13.0 Å². The van der Waals surface area contributed by atoms with Crippen molar-refractivity contribution in [1.29, 1.82) is 0 Å². The van der Waals surface area contributed by atoms with Gasteiger partial charge in [-0.2, -0.15) is 0 Å². The van der Waals surface area contributed by atoms with Crippen molar-refractivity contribution in [2.75, 3.05) is 13.2 Å². The Morgan fingerprint density at radius 3 is 2.22 bits per heavy atom. The average Bonchev–Trinajstić information content (AvgIpc) is 1.89. The van der Waals surface area contributed by atoms with Crippen molar-refractivity contribution < 1.29 is 10.2 Å². The molecule has 0 aliphatic rings. The molecule has 0 rings (SSSR count). The predicted molar refractivity (Wildman–Crippen MR) is 37.1 cm³/mol. The summed E-state index contributed by atoms with van der Waals surface area (Å²) in [5.74, 6) is 0. The van der Waals surface area contributed by atoms with E-state index in [1.54, 1.807) is 6.08 Å². The maximum atomic E-state index is 8.73. The van der Waals surface area contributed by atoms with Crippen LogP contribution in [0.15, 0.2) is 12.7 Å². The molecule has 0 aliphatic carbocycles. The first-order valence-corrected chi connectivity index (χ1v) is 3.04. The summed E-state index contributed by atoms with van der Waals surface area (Å²) < 4.78 is 0. The molecule has 0 aromatic heterocycles. The predicted octanol–water partition coefficient (Wildman–Crippen LogP) is 0.553. The summed E-state index contributed by atoms with van der Waals surface area (Å²) in [5, 5.41) is 17.2. The Labute approximate surface area is 55.8 Å². The fourth-order valence-corrected chi connectivity index (χ4v) is 0.501. The van der Waals surface area contributed by atoms with Crippen LogP contribution in [0.4, 0.5) is 0 Å². The van der Waals surface area contributed by atoms with Crippen molar-refractivity contribution in [3.05, 3.63) is 12.7 Å². The quantitative estimate of drug-likeness (QED) is 0.546. The Balaban J connectivity index is 3.76.